The van der Waals surface area contributed by atoms with E-state index in [0.29, 0.717) is 16.9 Å². The first-order chi connectivity index (χ1) is 12.9. The van der Waals surface area contributed by atoms with Gasteiger partial charge >= 0.3 is 6.18 Å². The SMILES string of the molecule is CN=C(NCc1nc(C(F)(F)F)cs1)N1CCC(c2ccc(OC)cc2)C1.I. The van der Waals surface area contributed by atoms with E-state index in [1.54, 1.807) is 14.2 Å². The summed E-state index contributed by atoms with van der Waals surface area (Å²) in [7, 11) is 3.31. The summed E-state index contributed by atoms with van der Waals surface area (Å²) in [4.78, 5) is 10.0. The Morgan fingerprint density at radius 3 is 2.64 bits per heavy atom. The van der Waals surface area contributed by atoms with E-state index in [1.165, 1.54) is 5.56 Å². The van der Waals surface area contributed by atoms with Gasteiger partial charge in [0.05, 0.1) is 13.7 Å². The monoisotopic (exact) mass is 526 g/mol. The predicted molar refractivity (Wildman–Crippen MR) is 115 cm³/mol. The Bertz CT molecular complexity index is 795. The number of ether oxygens (including phenoxy) is 1. The normalized spacial score (nSPS) is 17.4. The summed E-state index contributed by atoms with van der Waals surface area (Å²) >= 11 is 0.993. The summed E-state index contributed by atoms with van der Waals surface area (Å²) in [6.07, 6.45) is -3.42. The molecule has 0 spiro atoms. The number of guanidine groups is 1. The highest BCUT2D eigenvalue weighted by molar-refractivity contribution is 14.0. The highest BCUT2D eigenvalue weighted by Gasteiger charge is 2.33. The lowest BCUT2D eigenvalue weighted by Gasteiger charge is -2.21. The largest absolute Gasteiger partial charge is 0.497 e. The molecule has 1 fully saturated rings. The first-order valence-corrected chi connectivity index (χ1v) is 9.40. The summed E-state index contributed by atoms with van der Waals surface area (Å²) in [6.45, 7) is 1.86. The van der Waals surface area contributed by atoms with E-state index in [2.05, 4.69) is 32.3 Å². The van der Waals surface area contributed by atoms with E-state index >= 15 is 0 Å². The number of hydrogen-bond acceptors (Lipinski definition) is 4. The van der Waals surface area contributed by atoms with E-state index in [1.807, 2.05) is 12.1 Å². The van der Waals surface area contributed by atoms with Crippen molar-refractivity contribution in [3.8, 4) is 5.75 Å². The maximum atomic E-state index is 12.6. The van der Waals surface area contributed by atoms with Crippen molar-refractivity contribution < 1.29 is 17.9 Å². The standard InChI is InChI=1S/C18H21F3N4OS.HI/c1-22-17(23-9-16-24-15(11-27-16)18(19,20)21)25-8-7-13(10-25)12-3-5-14(26-2)6-4-12;/h3-6,11,13H,7-10H2,1-2H3,(H,22,23);1H. The number of rotatable bonds is 4. The molecule has 0 aliphatic carbocycles. The van der Waals surface area contributed by atoms with Gasteiger partial charge in [-0.15, -0.1) is 35.3 Å². The zero-order chi connectivity index (χ0) is 19.4. The van der Waals surface area contributed by atoms with Crippen LogP contribution in [0.5, 0.6) is 5.75 Å². The second kappa shape index (κ2) is 9.77. The molecule has 1 aromatic carbocycles. The van der Waals surface area contributed by atoms with Crippen LogP contribution in [-0.4, -0.2) is 43.1 Å². The minimum Gasteiger partial charge on any atom is -0.497 e. The zero-order valence-electron chi connectivity index (χ0n) is 15.5. The maximum Gasteiger partial charge on any atom is 0.434 e. The Morgan fingerprint density at radius 1 is 1.36 bits per heavy atom. The molecule has 0 radical (unpaired) electrons. The first kappa shape index (κ1) is 22.7. The van der Waals surface area contributed by atoms with Crippen molar-refractivity contribution in [1.82, 2.24) is 15.2 Å². The van der Waals surface area contributed by atoms with Crippen LogP contribution in [0.15, 0.2) is 34.6 Å². The minimum atomic E-state index is -4.41. The summed E-state index contributed by atoms with van der Waals surface area (Å²) < 4.78 is 43.1. The number of aliphatic imine (C=N–C) groups is 1. The smallest absolute Gasteiger partial charge is 0.434 e. The number of likely N-dealkylation sites (tertiary alicyclic amines) is 1. The third-order valence-electron chi connectivity index (χ3n) is 4.53. The fourth-order valence-electron chi connectivity index (χ4n) is 3.11. The molecule has 1 aliphatic heterocycles. The van der Waals surface area contributed by atoms with Gasteiger partial charge in [0.25, 0.3) is 0 Å². The Kier molecular flexibility index (Phi) is 7.93. The fraction of sp³-hybridized carbons (Fsp3) is 0.444. The van der Waals surface area contributed by atoms with Crippen molar-refractivity contribution in [3.05, 3.63) is 45.9 Å². The molecule has 3 rings (SSSR count). The second-order valence-corrected chi connectivity index (χ2v) is 7.17. The van der Waals surface area contributed by atoms with Crippen molar-refractivity contribution >= 4 is 41.3 Å². The summed E-state index contributed by atoms with van der Waals surface area (Å²) in [6, 6.07) is 8.03. The predicted octanol–water partition coefficient (Wildman–Crippen LogP) is 4.35. The topological polar surface area (TPSA) is 49.8 Å². The number of methoxy groups -OCH3 is 1. The summed E-state index contributed by atoms with van der Waals surface area (Å²) in [5, 5.41) is 4.54. The zero-order valence-corrected chi connectivity index (χ0v) is 18.6. The molecule has 2 aromatic rings. The molecule has 1 atom stereocenters. The lowest BCUT2D eigenvalue weighted by atomic mass is 9.98. The van der Waals surface area contributed by atoms with Crippen LogP contribution < -0.4 is 10.1 Å². The van der Waals surface area contributed by atoms with Gasteiger partial charge in [-0.25, -0.2) is 4.98 Å². The van der Waals surface area contributed by atoms with Crippen LogP contribution >= 0.6 is 35.3 Å². The second-order valence-electron chi connectivity index (χ2n) is 6.23. The molecule has 2 heterocycles. The van der Waals surface area contributed by atoms with Gasteiger partial charge < -0.3 is 15.0 Å². The van der Waals surface area contributed by atoms with E-state index < -0.39 is 11.9 Å². The van der Waals surface area contributed by atoms with E-state index in [-0.39, 0.29) is 30.5 Å². The molecule has 1 saturated heterocycles. The summed E-state index contributed by atoms with van der Waals surface area (Å²) in [5.41, 5.74) is 0.392. The number of hydrogen-bond donors (Lipinski definition) is 1. The molecule has 0 saturated carbocycles. The van der Waals surface area contributed by atoms with E-state index in [4.69, 9.17) is 4.74 Å². The average Bonchev–Trinajstić information content (AvgIpc) is 3.32. The van der Waals surface area contributed by atoms with Crippen LogP contribution in [0.1, 0.15) is 28.6 Å². The van der Waals surface area contributed by atoms with Gasteiger partial charge in [0.1, 0.15) is 10.8 Å². The van der Waals surface area contributed by atoms with Crippen molar-refractivity contribution in [3.63, 3.8) is 0 Å². The van der Waals surface area contributed by atoms with Crippen LogP contribution in [0.4, 0.5) is 13.2 Å². The fourth-order valence-corrected chi connectivity index (χ4v) is 3.85. The van der Waals surface area contributed by atoms with Crippen LogP contribution in [0, 0.1) is 0 Å². The van der Waals surface area contributed by atoms with Crippen LogP contribution in [0.3, 0.4) is 0 Å². The molecule has 1 unspecified atom stereocenters. The van der Waals surface area contributed by atoms with E-state index in [9.17, 15) is 13.2 Å². The molecule has 0 bridgehead atoms. The Hall–Kier alpha value is -1.56. The lowest BCUT2D eigenvalue weighted by Crippen LogP contribution is -2.39. The third kappa shape index (κ3) is 5.49. The lowest BCUT2D eigenvalue weighted by molar-refractivity contribution is -0.140. The molecule has 1 N–H and O–H groups in total. The number of aromatic nitrogens is 1. The third-order valence-corrected chi connectivity index (χ3v) is 5.38. The number of halogens is 4. The van der Waals surface area contributed by atoms with Crippen LogP contribution in [-0.2, 0) is 12.7 Å². The first-order valence-electron chi connectivity index (χ1n) is 8.52. The molecule has 0 amide bonds. The van der Waals surface area contributed by atoms with Crippen LogP contribution in [0.25, 0.3) is 0 Å². The van der Waals surface area contributed by atoms with Gasteiger partial charge in [-0.05, 0) is 24.1 Å². The van der Waals surface area contributed by atoms with E-state index in [0.717, 1.165) is 42.0 Å². The van der Waals surface area contributed by atoms with Gasteiger partial charge in [-0.3, -0.25) is 4.99 Å². The molecule has 154 valence electrons. The van der Waals surface area contributed by atoms with Gasteiger partial charge in [-0.1, -0.05) is 12.1 Å². The Morgan fingerprint density at radius 2 is 2.07 bits per heavy atom. The molecular weight excluding hydrogens is 504 g/mol. The van der Waals surface area contributed by atoms with Crippen LogP contribution in [0.2, 0.25) is 0 Å². The van der Waals surface area contributed by atoms with Gasteiger partial charge in [0.15, 0.2) is 11.7 Å². The van der Waals surface area contributed by atoms with Crippen molar-refractivity contribution in [2.24, 2.45) is 4.99 Å². The average molecular weight is 526 g/mol. The van der Waals surface area contributed by atoms with Crippen molar-refractivity contribution in [1.29, 1.82) is 0 Å². The Balaban J connectivity index is 0.00000280. The Labute approximate surface area is 183 Å². The molecule has 1 aromatic heterocycles. The van der Waals surface area contributed by atoms with Gasteiger partial charge in [-0.2, -0.15) is 13.2 Å². The molecule has 1 aliphatic rings. The number of alkyl halides is 3. The van der Waals surface area contributed by atoms with Gasteiger partial charge in [0, 0.05) is 31.4 Å². The van der Waals surface area contributed by atoms with Gasteiger partial charge in [0.2, 0.25) is 0 Å². The molecular formula is C18H22F3IN4OS. The molecule has 10 heteroatoms. The number of benzene rings is 1. The minimum absolute atomic E-state index is 0. The number of nitrogens with zero attached hydrogens (tertiary/aromatic N) is 3. The molecule has 5 nitrogen and oxygen atoms in total. The number of nitrogens with one attached hydrogen (secondary N) is 1. The number of thiazole rings is 1. The quantitative estimate of drug-likeness (QED) is 0.366. The van der Waals surface area contributed by atoms with Crippen molar-refractivity contribution in [2.75, 3.05) is 27.2 Å². The molecule has 28 heavy (non-hydrogen) atoms. The van der Waals surface area contributed by atoms with Crippen molar-refractivity contribution in [2.45, 2.75) is 25.1 Å². The highest BCUT2D eigenvalue weighted by Crippen LogP contribution is 2.30. The highest BCUT2D eigenvalue weighted by atomic mass is 127. The maximum absolute atomic E-state index is 12.6. The summed E-state index contributed by atoms with van der Waals surface area (Å²) in [5.74, 6) is 1.88.